The fourth-order valence-corrected chi connectivity index (χ4v) is 7.04. The van der Waals surface area contributed by atoms with Gasteiger partial charge in [0.25, 0.3) is 0 Å². The van der Waals surface area contributed by atoms with E-state index >= 15 is 0 Å². The van der Waals surface area contributed by atoms with Crippen molar-refractivity contribution in [1.29, 1.82) is 0 Å². The van der Waals surface area contributed by atoms with Crippen LogP contribution < -0.4 is 34.3 Å². The van der Waals surface area contributed by atoms with Gasteiger partial charge in [-0.1, -0.05) is 12.1 Å². The first-order valence-electron chi connectivity index (χ1n) is 15.1. The lowest BCUT2D eigenvalue weighted by molar-refractivity contribution is 0.322. The zero-order valence-corrected chi connectivity index (χ0v) is 25.6. The molecule has 0 radical (unpaired) electrons. The molecule has 0 fully saturated rings. The number of ether oxygens (including phenoxy) is 5. The molecule has 0 spiro atoms. The molecule has 3 aliphatic heterocycles. The highest BCUT2D eigenvalue weighted by molar-refractivity contribution is 5.77. The number of phenolic OH excluding ortho intramolecular Hbond substituents is 1. The van der Waals surface area contributed by atoms with E-state index in [1.165, 1.54) is 11.1 Å². The van der Waals surface area contributed by atoms with Crippen LogP contribution in [0.2, 0.25) is 0 Å². The van der Waals surface area contributed by atoms with Crippen LogP contribution in [0.4, 0.5) is 0 Å². The largest absolute Gasteiger partial charge is 0.507 e. The molecule has 8 nitrogen and oxygen atoms in total. The van der Waals surface area contributed by atoms with E-state index in [0.717, 1.165) is 71.5 Å². The molecule has 0 saturated carbocycles. The van der Waals surface area contributed by atoms with Gasteiger partial charge in [-0.05, 0) is 109 Å². The second-order valence-corrected chi connectivity index (χ2v) is 11.6. The van der Waals surface area contributed by atoms with E-state index in [0.29, 0.717) is 35.2 Å². The van der Waals surface area contributed by atoms with Crippen molar-refractivity contribution in [2.75, 3.05) is 41.5 Å². The maximum Gasteiger partial charge on any atom is 0.204 e. The zero-order chi connectivity index (χ0) is 30.4. The Hall–Kier alpha value is -4.40. The van der Waals surface area contributed by atoms with Gasteiger partial charge in [0.1, 0.15) is 11.5 Å². The fourth-order valence-electron chi connectivity index (χ4n) is 7.04. The first kappa shape index (κ1) is 28.4. The number of fused-ring (bicyclic) bond motifs is 6. The number of phenols is 1. The Bertz CT molecular complexity index is 1730. The highest BCUT2D eigenvalue weighted by Gasteiger charge is 2.32. The van der Waals surface area contributed by atoms with E-state index in [4.69, 9.17) is 23.7 Å². The Morgan fingerprint density at radius 2 is 1.34 bits per heavy atom. The Morgan fingerprint density at radius 3 is 2.09 bits per heavy atom. The van der Waals surface area contributed by atoms with Crippen molar-refractivity contribution < 1.29 is 28.8 Å². The monoisotopic (exact) mass is 594 g/mol. The van der Waals surface area contributed by atoms with Gasteiger partial charge in [-0.2, -0.15) is 0 Å². The quantitative estimate of drug-likeness (QED) is 0.263. The summed E-state index contributed by atoms with van der Waals surface area (Å²) in [5.74, 6) is 4.05. The molecule has 3 aliphatic rings. The fraction of sp³-hybridized carbons (Fsp3) is 0.333. The lowest BCUT2D eigenvalue weighted by Crippen LogP contribution is -2.32. The number of aromatic hydroxyl groups is 1. The summed E-state index contributed by atoms with van der Waals surface area (Å²) < 4.78 is 30.4. The Morgan fingerprint density at radius 1 is 0.682 bits per heavy atom. The van der Waals surface area contributed by atoms with Gasteiger partial charge in [-0.3, -0.25) is 0 Å². The number of hydrogen-bond donors (Lipinski definition) is 3. The van der Waals surface area contributed by atoms with Crippen molar-refractivity contribution in [3.63, 3.8) is 0 Å². The van der Waals surface area contributed by atoms with Crippen LogP contribution in [0, 0.1) is 0 Å². The molecule has 4 aromatic rings. The molecule has 0 aliphatic carbocycles. The predicted molar refractivity (Wildman–Crippen MR) is 169 cm³/mol. The van der Waals surface area contributed by atoms with Crippen molar-refractivity contribution in [1.82, 2.24) is 10.6 Å². The maximum absolute atomic E-state index is 11.1. The molecular weight excluding hydrogens is 556 g/mol. The van der Waals surface area contributed by atoms with Gasteiger partial charge in [0, 0.05) is 28.8 Å². The third-order valence-corrected chi connectivity index (χ3v) is 9.18. The minimum atomic E-state index is -0.0786. The van der Waals surface area contributed by atoms with Crippen molar-refractivity contribution in [3.05, 3.63) is 88.0 Å². The summed E-state index contributed by atoms with van der Waals surface area (Å²) in [5.41, 5.74) is 8.41. The molecule has 0 aromatic heterocycles. The molecule has 2 atom stereocenters. The van der Waals surface area contributed by atoms with E-state index in [1.54, 1.807) is 34.5 Å². The lowest BCUT2D eigenvalue weighted by atomic mass is 9.87. The summed E-state index contributed by atoms with van der Waals surface area (Å²) in [7, 11) is 6.65. The molecule has 0 unspecified atom stereocenters. The van der Waals surface area contributed by atoms with Gasteiger partial charge >= 0.3 is 0 Å². The van der Waals surface area contributed by atoms with Gasteiger partial charge in [0.05, 0.1) is 28.4 Å². The summed E-state index contributed by atoms with van der Waals surface area (Å²) in [6, 6.07) is 18.3. The van der Waals surface area contributed by atoms with Crippen molar-refractivity contribution in [3.8, 4) is 51.4 Å². The number of hydrogen-bond acceptors (Lipinski definition) is 8. The molecule has 4 aromatic carbocycles. The van der Waals surface area contributed by atoms with Crippen molar-refractivity contribution in [2.24, 2.45) is 0 Å². The Kier molecular flexibility index (Phi) is 7.48. The number of rotatable bonds is 4. The number of benzene rings is 4. The second-order valence-electron chi connectivity index (χ2n) is 11.6. The van der Waals surface area contributed by atoms with Crippen LogP contribution in [0.15, 0.2) is 54.6 Å². The molecule has 228 valence electrons. The van der Waals surface area contributed by atoms with Crippen LogP contribution in [-0.2, 0) is 25.7 Å². The van der Waals surface area contributed by atoms with Crippen LogP contribution in [-0.4, -0.2) is 46.6 Å². The molecule has 3 heterocycles. The normalized spacial score (nSPS) is 18.5. The minimum absolute atomic E-state index is 0.0524. The third kappa shape index (κ3) is 4.88. The topological polar surface area (TPSA) is 90.4 Å². The van der Waals surface area contributed by atoms with Crippen LogP contribution in [0.3, 0.4) is 0 Å². The Balaban J connectivity index is 1.50. The predicted octanol–water partition coefficient (Wildman–Crippen LogP) is 6.06. The molecule has 0 saturated heterocycles. The van der Waals surface area contributed by atoms with E-state index in [2.05, 4.69) is 47.0 Å². The highest BCUT2D eigenvalue weighted by atomic mass is 16.5. The van der Waals surface area contributed by atoms with E-state index in [1.807, 2.05) is 12.1 Å². The highest BCUT2D eigenvalue weighted by Crippen LogP contribution is 2.50. The average molecular weight is 595 g/mol. The summed E-state index contributed by atoms with van der Waals surface area (Å²) in [6.07, 6.45) is 3.13. The smallest absolute Gasteiger partial charge is 0.204 e. The summed E-state index contributed by atoms with van der Waals surface area (Å²) in [4.78, 5) is 0. The standard InChI is InChI=1S/C36H38N2O6/c1-40-30-8-6-21-14-26(30)25-13-20(5-7-29(25)39)16-28-34-23(10-12-38-28)18-33(42-3)35(43-4)36(34)44-32-19-24-22(17-31(32)41-2)9-11-37-27(24)15-21/h5-8,13-14,17-19,27-28,37-39H,9-12,15-16H2,1-4H3/t27-,28-/m0/s1. The first-order chi connectivity index (χ1) is 21.5. The summed E-state index contributed by atoms with van der Waals surface area (Å²) >= 11 is 0. The van der Waals surface area contributed by atoms with Crippen LogP contribution in [0.25, 0.3) is 11.1 Å². The molecule has 6 bridgehead atoms. The maximum atomic E-state index is 11.1. The summed E-state index contributed by atoms with van der Waals surface area (Å²) in [6.45, 7) is 1.67. The van der Waals surface area contributed by atoms with Crippen LogP contribution in [0.5, 0.6) is 40.2 Å². The van der Waals surface area contributed by atoms with Gasteiger partial charge in [0.15, 0.2) is 23.0 Å². The van der Waals surface area contributed by atoms with E-state index in [-0.39, 0.29) is 17.8 Å². The molecule has 0 amide bonds. The first-order valence-corrected chi connectivity index (χ1v) is 15.1. The SMILES string of the molecule is COc1cc2c3cc1Oc1c(OC)c(OC)cc4c1[C@H](Cc1ccc(O)c(c1)-c1cc(ccc1OC)C[C@@H]3NCC2)NCC4. The molecule has 7 rings (SSSR count). The molecule has 44 heavy (non-hydrogen) atoms. The van der Waals surface area contributed by atoms with Crippen molar-refractivity contribution in [2.45, 2.75) is 37.8 Å². The third-order valence-electron chi connectivity index (χ3n) is 9.18. The van der Waals surface area contributed by atoms with Crippen LogP contribution >= 0.6 is 0 Å². The van der Waals surface area contributed by atoms with E-state index < -0.39 is 0 Å². The average Bonchev–Trinajstić information content (AvgIpc) is 3.05. The Labute approximate surface area is 257 Å². The zero-order valence-electron chi connectivity index (χ0n) is 25.6. The lowest BCUT2D eigenvalue weighted by Gasteiger charge is -2.32. The van der Waals surface area contributed by atoms with Crippen LogP contribution in [0.1, 0.15) is 45.5 Å². The molecule has 3 N–H and O–H groups in total. The minimum Gasteiger partial charge on any atom is -0.507 e. The van der Waals surface area contributed by atoms with Gasteiger partial charge in [-0.15, -0.1) is 0 Å². The molecule has 8 heteroatoms. The number of methoxy groups -OCH3 is 4. The number of nitrogens with one attached hydrogen (secondary N) is 2. The van der Waals surface area contributed by atoms with Gasteiger partial charge < -0.3 is 39.4 Å². The van der Waals surface area contributed by atoms with Gasteiger partial charge in [0.2, 0.25) is 5.75 Å². The molecular formula is C36H38N2O6. The van der Waals surface area contributed by atoms with Gasteiger partial charge in [-0.25, -0.2) is 0 Å². The summed E-state index contributed by atoms with van der Waals surface area (Å²) in [5, 5.41) is 18.5. The van der Waals surface area contributed by atoms with Crippen molar-refractivity contribution >= 4 is 0 Å². The second kappa shape index (κ2) is 11.6. The van der Waals surface area contributed by atoms with E-state index in [9.17, 15) is 5.11 Å².